The van der Waals surface area contributed by atoms with E-state index in [1.165, 1.54) is 0 Å². The fourth-order valence-corrected chi connectivity index (χ4v) is 3.36. The van der Waals surface area contributed by atoms with Crippen LogP contribution in [0.4, 0.5) is 5.69 Å². The number of hydrogen-bond donors (Lipinski definition) is 1. The highest BCUT2D eigenvalue weighted by atomic mass is 35.5. The van der Waals surface area contributed by atoms with E-state index in [0.29, 0.717) is 22.2 Å². The third kappa shape index (κ3) is 2.34. The Morgan fingerprint density at radius 2 is 1.86 bits per heavy atom. The van der Waals surface area contributed by atoms with Crippen molar-refractivity contribution in [3.05, 3.63) is 57.6 Å². The maximum atomic E-state index is 12.5. The van der Waals surface area contributed by atoms with Gasteiger partial charge in [-0.05, 0) is 54.8 Å². The zero-order valence-electron chi connectivity index (χ0n) is 12.2. The van der Waals surface area contributed by atoms with Gasteiger partial charge in [0.1, 0.15) is 5.75 Å². The number of methoxy groups -OCH3 is 1. The summed E-state index contributed by atoms with van der Waals surface area (Å²) < 4.78 is 5.27. The maximum absolute atomic E-state index is 12.5. The number of amides is 1. The van der Waals surface area contributed by atoms with Gasteiger partial charge in [0.15, 0.2) is 0 Å². The summed E-state index contributed by atoms with van der Waals surface area (Å²) >= 11 is 12.5. The first-order valence-electron chi connectivity index (χ1n) is 6.88. The minimum absolute atomic E-state index is 0.0632. The van der Waals surface area contributed by atoms with E-state index in [1.807, 2.05) is 25.1 Å². The highest BCUT2D eigenvalue weighted by Gasteiger charge is 2.43. The number of anilines is 1. The topological polar surface area (TPSA) is 38.3 Å². The van der Waals surface area contributed by atoms with Gasteiger partial charge in [0.05, 0.1) is 12.5 Å². The number of carbonyl (C=O) groups excluding carboxylic acids is 1. The van der Waals surface area contributed by atoms with Crippen LogP contribution in [0.2, 0.25) is 10.0 Å². The molecule has 0 bridgehead atoms. The molecule has 5 heteroatoms. The summed E-state index contributed by atoms with van der Waals surface area (Å²) in [5.41, 5.74) is 1.74. The highest BCUT2D eigenvalue weighted by Crippen LogP contribution is 2.43. The van der Waals surface area contributed by atoms with Crippen molar-refractivity contribution >= 4 is 34.8 Å². The molecule has 1 amide bonds. The molecule has 0 saturated carbocycles. The van der Waals surface area contributed by atoms with Gasteiger partial charge in [0.25, 0.3) is 0 Å². The Labute approximate surface area is 139 Å². The van der Waals surface area contributed by atoms with E-state index < -0.39 is 5.41 Å². The fourth-order valence-electron chi connectivity index (χ4n) is 2.83. The fraction of sp³-hybridized carbons (Fsp3) is 0.235. The second-order valence-corrected chi connectivity index (χ2v) is 6.39. The Bertz CT molecular complexity index is 740. The molecular weight excluding hydrogens is 321 g/mol. The van der Waals surface area contributed by atoms with E-state index in [9.17, 15) is 4.79 Å². The largest absolute Gasteiger partial charge is 0.497 e. The molecule has 114 valence electrons. The number of carbonyl (C=O) groups is 1. The molecule has 0 aromatic heterocycles. The summed E-state index contributed by atoms with van der Waals surface area (Å²) in [5, 5.41) is 4.05. The molecule has 22 heavy (non-hydrogen) atoms. The van der Waals surface area contributed by atoms with Gasteiger partial charge in [-0.15, -0.1) is 0 Å². The zero-order valence-corrected chi connectivity index (χ0v) is 13.8. The van der Waals surface area contributed by atoms with Crippen molar-refractivity contribution in [2.24, 2.45) is 0 Å². The van der Waals surface area contributed by atoms with Gasteiger partial charge in [-0.3, -0.25) is 4.79 Å². The first kappa shape index (κ1) is 15.2. The van der Waals surface area contributed by atoms with Crippen LogP contribution in [-0.4, -0.2) is 13.0 Å². The minimum atomic E-state index is -0.738. The van der Waals surface area contributed by atoms with Gasteiger partial charge >= 0.3 is 0 Å². The summed E-state index contributed by atoms with van der Waals surface area (Å²) in [6, 6.07) is 10.9. The molecule has 3 nitrogen and oxygen atoms in total. The molecule has 0 spiro atoms. The average Bonchev–Trinajstić information content (AvgIpc) is 2.74. The zero-order chi connectivity index (χ0) is 15.9. The number of hydrogen-bond acceptors (Lipinski definition) is 2. The van der Waals surface area contributed by atoms with Crippen molar-refractivity contribution in [2.45, 2.75) is 18.8 Å². The highest BCUT2D eigenvalue weighted by molar-refractivity contribution is 6.36. The Balaban J connectivity index is 2.09. The summed E-state index contributed by atoms with van der Waals surface area (Å²) in [7, 11) is 1.61. The predicted octanol–water partition coefficient (Wildman–Crippen LogP) is 4.45. The Kier molecular flexibility index (Phi) is 3.79. The van der Waals surface area contributed by atoms with E-state index in [0.717, 1.165) is 16.8 Å². The smallest absolute Gasteiger partial charge is 0.235 e. The van der Waals surface area contributed by atoms with E-state index in [1.54, 1.807) is 25.3 Å². The molecule has 1 unspecified atom stereocenters. The van der Waals surface area contributed by atoms with Crippen LogP contribution in [-0.2, 0) is 16.6 Å². The predicted molar refractivity (Wildman–Crippen MR) is 89.1 cm³/mol. The van der Waals surface area contributed by atoms with Gasteiger partial charge in [0.2, 0.25) is 5.91 Å². The first-order chi connectivity index (χ1) is 10.5. The number of rotatable bonds is 3. The third-order valence-electron chi connectivity index (χ3n) is 4.16. The Hall–Kier alpha value is -1.71. The molecule has 2 aromatic rings. The minimum Gasteiger partial charge on any atom is -0.497 e. The van der Waals surface area contributed by atoms with Crippen molar-refractivity contribution in [3.8, 4) is 5.75 Å². The van der Waals surface area contributed by atoms with Crippen LogP contribution >= 0.6 is 23.2 Å². The van der Waals surface area contributed by atoms with Crippen LogP contribution in [0.3, 0.4) is 0 Å². The number of ether oxygens (including phenoxy) is 1. The quantitative estimate of drug-likeness (QED) is 0.899. The lowest BCUT2D eigenvalue weighted by molar-refractivity contribution is -0.120. The first-order valence-corrected chi connectivity index (χ1v) is 7.64. The molecule has 0 fully saturated rings. The summed E-state index contributed by atoms with van der Waals surface area (Å²) in [5.74, 6) is 0.651. The van der Waals surface area contributed by atoms with Crippen LogP contribution in [0.5, 0.6) is 5.75 Å². The second-order valence-electron chi connectivity index (χ2n) is 5.57. The standard InChI is InChI=1S/C17H15Cl2NO2/c1-17(9-11-13(18)4-3-5-14(11)19)12-8-10(22-2)6-7-15(12)20-16(17)21/h3-8H,9H2,1-2H3,(H,20,21). The normalized spacial score (nSPS) is 19.7. The molecule has 0 radical (unpaired) electrons. The van der Waals surface area contributed by atoms with Gasteiger partial charge in [-0.2, -0.15) is 0 Å². The van der Waals surface area contributed by atoms with E-state index in [2.05, 4.69) is 5.32 Å². The number of halogens is 2. The lowest BCUT2D eigenvalue weighted by atomic mass is 9.78. The monoisotopic (exact) mass is 335 g/mol. The van der Waals surface area contributed by atoms with Crippen LogP contribution < -0.4 is 10.1 Å². The molecule has 3 rings (SSSR count). The van der Waals surface area contributed by atoms with Crippen LogP contribution in [0.1, 0.15) is 18.1 Å². The summed E-state index contributed by atoms with van der Waals surface area (Å²) in [4.78, 5) is 12.5. The van der Waals surface area contributed by atoms with Gasteiger partial charge < -0.3 is 10.1 Å². The number of benzene rings is 2. The maximum Gasteiger partial charge on any atom is 0.235 e. The van der Waals surface area contributed by atoms with Crippen LogP contribution in [0.15, 0.2) is 36.4 Å². The van der Waals surface area contributed by atoms with Crippen molar-refractivity contribution in [2.75, 3.05) is 12.4 Å². The van der Waals surface area contributed by atoms with Crippen LogP contribution in [0, 0.1) is 0 Å². The van der Waals surface area contributed by atoms with Crippen molar-refractivity contribution in [3.63, 3.8) is 0 Å². The molecule has 2 aromatic carbocycles. The molecule has 0 saturated heterocycles. The third-order valence-corrected chi connectivity index (χ3v) is 4.87. The lowest BCUT2D eigenvalue weighted by Gasteiger charge is -2.24. The Morgan fingerprint density at radius 1 is 1.18 bits per heavy atom. The molecule has 1 aliphatic heterocycles. The van der Waals surface area contributed by atoms with Gasteiger partial charge in [-0.1, -0.05) is 29.3 Å². The molecule has 1 atom stereocenters. The second kappa shape index (κ2) is 5.49. The molecule has 1 heterocycles. The number of fused-ring (bicyclic) bond motifs is 1. The van der Waals surface area contributed by atoms with Gasteiger partial charge in [0, 0.05) is 15.7 Å². The van der Waals surface area contributed by atoms with Crippen molar-refractivity contribution in [1.29, 1.82) is 0 Å². The number of nitrogens with one attached hydrogen (secondary N) is 1. The Morgan fingerprint density at radius 3 is 2.50 bits per heavy atom. The van der Waals surface area contributed by atoms with Crippen molar-refractivity contribution < 1.29 is 9.53 Å². The van der Waals surface area contributed by atoms with E-state index >= 15 is 0 Å². The lowest BCUT2D eigenvalue weighted by Crippen LogP contribution is -2.33. The van der Waals surface area contributed by atoms with E-state index in [-0.39, 0.29) is 5.91 Å². The molecular formula is C17H15Cl2NO2. The van der Waals surface area contributed by atoms with E-state index in [4.69, 9.17) is 27.9 Å². The molecule has 1 aliphatic rings. The summed E-state index contributed by atoms with van der Waals surface area (Å²) in [6.07, 6.45) is 0.428. The summed E-state index contributed by atoms with van der Waals surface area (Å²) in [6.45, 7) is 1.90. The van der Waals surface area contributed by atoms with Crippen LogP contribution in [0.25, 0.3) is 0 Å². The SMILES string of the molecule is COc1ccc2c(c1)C(C)(Cc1c(Cl)cccc1Cl)C(=O)N2. The average molecular weight is 336 g/mol. The molecule has 0 aliphatic carbocycles. The molecule has 1 N–H and O–H groups in total. The van der Waals surface area contributed by atoms with Gasteiger partial charge in [-0.25, -0.2) is 0 Å². The van der Waals surface area contributed by atoms with Crippen molar-refractivity contribution in [1.82, 2.24) is 0 Å².